The lowest BCUT2D eigenvalue weighted by Gasteiger charge is -2.29. The minimum atomic E-state index is -3.37. The summed E-state index contributed by atoms with van der Waals surface area (Å²) in [4.78, 5) is 0.295. The summed E-state index contributed by atoms with van der Waals surface area (Å²) < 4.78 is 61.7. The van der Waals surface area contributed by atoms with Crippen molar-refractivity contribution in [2.24, 2.45) is 11.1 Å². The Hall–Kier alpha value is -2.88. The highest BCUT2D eigenvalue weighted by atomic mass is 32.2. The molecule has 0 bridgehead atoms. The van der Waals surface area contributed by atoms with Gasteiger partial charge in [0.1, 0.15) is 12.4 Å². The molecule has 3 N–H and O–H groups in total. The number of ether oxygens (including phenoxy) is 1. The third kappa shape index (κ3) is 6.08. The van der Waals surface area contributed by atoms with Crippen molar-refractivity contribution in [3.8, 4) is 16.9 Å². The second kappa shape index (κ2) is 10.6. The number of rotatable bonds is 9. The van der Waals surface area contributed by atoms with Gasteiger partial charge in [-0.1, -0.05) is 60.7 Å². The van der Waals surface area contributed by atoms with Crippen LogP contribution in [0.5, 0.6) is 5.75 Å². The molecule has 190 valence electrons. The zero-order chi connectivity index (χ0) is 25.9. The Morgan fingerprint density at radius 1 is 1.06 bits per heavy atom. The molecule has 0 radical (unpaired) electrons. The molecule has 1 unspecified atom stereocenters. The SMILES string of the molecule is CS(=O)(=O)NC1CC[C@](Cc2ccc(F)c(-c3cccc(F)c3OCc3ccccc3)c2)(C(N)=S)C1. The Kier molecular flexibility index (Phi) is 7.73. The van der Waals surface area contributed by atoms with E-state index in [1.54, 1.807) is 18.2 Å². The van der Waals surface area contributed by atoms with Crippen molar-refractivity contribution in [2.75, 3.05) is 6.26 Å². The van der Waals surface area contributed by atoms with Gasteiger partial charge >= 0.3 is 0 Å². The summed E-state index contributed by atoms with van der Waals surface area (Å²) in [5, 5.41) is 0. The molecule has 0 aliphatic heterocycles. The first-order valence-electron chi connectivity index (χ1n) is 11.6. The highest BCUT2D eigenvalue weighted by Gasteiger charge is 2.42. The summed E-state index contributed by atoms with van der Waals surface area (Å²) in [7, 11) is -3.37. The van der Waals surface area contributed by atoms with Crippen LogP contribution in [-0.2, 0) is 23.1 Å². The van der Waals surface area contributed by atoms with E-state index >= 15 is 4.39 Å². The minimum Gasteiger partial charge on any atom is -0.485 e. The van der Waals surface area contributed by atoms with E-state index in [2.05, 4.69) is 4.72 Å². The van der Waals surface area contributed by atoms with Gasteiger partial charge in [0.15, 0.2) is 11.6 Å². The molecule has 36 heavy (non-hydrogen) atoms. The fourth-order valence-corrected chi connectivity index (χ4v) is 5.94. The van der Waals surface area contributed by atoms with Gasteiger partial charge in [-0.15, -0.1) is 0 Å². The van der Waals surface area contributed by atoms with Gasteiger partial charge in [0.25, 0.3) is 0 Å². The maximum Gasteiger partial charge on any atom is 0.208 e. The number of halogens is 2. The fourth-order valence-electron chi connectivity index (χ4n) is 4.88. The largest absolute Gasteiger partial charge is 0.485 e. The van der Waals surface area contributed by atoms with Crippen molar-refractivity contribution < 1.29 is 21.9 Å². The number of sulfonamides is 1. The molecule has 1 saturated carbocycles. The Morgan fingerprint density at radius 3 is 2.50 bits per heavy atom. The van der Waals surface area contributed by atoms with E-state index in [1.807, 2.05) is 30.3 Å². The highest BCUT2D eigenvalue weighted by molar-refractivity contribution is 7.88. The third-order valence-corrected chi connectivity index (χ3v) is 7.76. The van der Waals surface area contributed by atoms with E-state index in [1.165, 1.54) is 18.2 Å². The molecule has 1 fully saturated rings. The van der Waals surface area contributed by atoms with E-state index in [4.69, 9.17) is 22.7 Å². The standard InChI is InChI=1S/C27H28F2N2O3S2/c1-36(32,33)31-20-12-13-27(16-20,26(30)35)15-19-10-11-23(28)22(14-19)21-8-5-9-24(29)25(21)34-17-18-6-3-2-4-7-18/h2-11,14,20,31H,12-13,15-17H2,1H3,(H2,30,35)/t20?,27-/m1/s1. The maximum atomic E-state index is 15.0. The zero-order valence-corrected chi connectivity index (χ0v) is 21.5. The van der Waals surface area contributed by atoms with E-state index < -0.39 is 27.1 Å². The Bertz CT molecular complexity index is 1370. The van der Waals surface area contributed by atoms with Crippen LogP contribution < -0.4 is 15.2 Å². The lowest BCUT2D eigenvalue weighted by atomic mass is 9.79. The molecule has 0 aromatic heterocycles. The molecule has 0 spiro atoms. The van der Waals surface area contributed by atoms with Gasteiger partial charge in [0, 0.05) is 22.6 Å². The number of para-hydroxylation sites is 1. The molecule has 4 rings (SSSR count). The molecular weight excluding hydrogens is 502 g/mol. The maximum absolute atomic E-state index is 15.0. The van der Waals surface area contributed by atoms with Crippen LogP contribution in [0.4, 0.5) is 8.78 Å². The number of benzene rings is 3. The van der Waals surface area contributed by atoms with Crippen LogP contribution in [0.2, 0.25) is 0 Å². The van der Waals surface area contributed by atoms with Gasteiger partial charge in [-0.3, -0.25) is 0 Å². The first-order valence-corrected chi connectivity index (χ1v) is 13.9. The van der Waals surface area contributed by atoms with Gasteiger partial charge in [-0.2, -0.15) is 0 Å². The van der Waals surface area contributed by atoms with Gasteiger partial charge in [-0.05, 0) is 55.0 Å². The lowest BCUT2D eigenvalue weighted by molar-refractivity contribution is 0.291. The summed E-state index contributed by atoms with van der Waals surface area (Å²) in [6.07, 6.45) is 3.19. The number of nitrogens with one attached hydrogen (secondary N) is 1. The molecule has 1 aliphatic carbocycles. The number of thiocarbonyl (C=S) groups is 1. The Balaban J connectivity index is 1.63. The van der Waals surface area contributed by atoms with E-state index in [9.17, 15) is 12.8 Å². The number of nitrogens with two attached hydrogens (primary N) is 1. The van der Waals surface area contributed by atoms with E-state index in [0.717, 1.165) is 17.4 Å². The molecule has 3 aromatic carbocycles. The quantitative estimate of drug-likeness (QED) is 0.375. The molecule has 0 saturated heterocycles. The van der Waals surface area contributed by atoms with Gasteiger partial charge in [0.05, 0.1) is 11.2 Å². The molecule has 3 aromatic rings. The summed E-state index contributed by atoms with van der Waals surface area (Å²) in [6.45, 7) is 0.134. The lowest BCUT2D eigenvalue weighted by Crippen LogP contribution is -2.39. The van der Waals surface area contributed by atoms with Crippen molar-refractivity contribution in [1.82, 2.24) is 4.72 Å². The Morgan fingerprint density at radius 2 is 1.81 bits per heavy atom. The van der Waals surface area contributed by atoms with Crippen molar-refractivity contribution in [2.45, 2.75) is 38.3 Å². The van der Waals surface area contributed by atoms with Crippen LogP contribution in [0, 0.1) is 17.0 Å². The third-order valence-electron chi connectivity index (χ3n) is 6.57. The minimum absolute atomic E-state index is 0.0280. The van der Waals surface area contributed by atoms with E-state index in [-0.39, 0.29) is 24.0 Å². The van der Waals surface area contributed by atoms with Crippen molar-refractivity contribution in [1.29, 1.82) is 0 Å². The monoisotopic (exact) mass is 530 g/mol. The smallest absolute Gasteiger partial charge is 0.208 e. The van der Waals surface area contributed by atoms with Crippen molar-refractivity contribution in [3.63, 3.8) is 0 Å². The normalized spacial score (nSPS) is 19.8. The van der Waals surface area contributed by atoms with Crippen molar-refractivity contribution in [3.05, 3.63) is 89.5 Å². The summed E-state index contributed by atoms with van der Waals surface area (Å²) >= 11 is 5.39. The topological polar surface area (TPSA) is 81.4 Å². The average Bonchev–Trinajstić information content (AvgIpc) is 3.22. The van der Waals surface area contributed by atoms with Crippen LogP contribution in [0.3, 0.4) is 0 Å². The predicted molar refractivity (Wildman–Crippen MR) is 141 cm³/mol. The summed E-state index contributed by atoms with van der Waals surface area (Å²) in [5.74, 6) is -1.13. The van der Waals surface area contributed by atoms with Crippen LogP contribution in [0.15, 0.2) is 66.7 Å². The molecule has 0 heterocycles. The Labute approximate surface area is 215 Å². The first-order chi connectivity index (χ1) is 17.1. The fraction of sp³-hybridized carbons (Fsp3) is 0.296. The van der Waals surface area contributed by atoms with Crippen molar-refractivity contribution >= 4 is 27.2 Å². The van der Waals surface area contributed by atoms with Gasteiger partial charge < -0.3 is 10.5 Å². The average molecular weight is 531 g/mol. The predicted octanol–water partition coefficient (Wildman–Crippen LogP) is 5.13. The summed E-state index contributed by atoms with van der Waals surface area (Å²) in [6, 6.07) is 18.1. The van der Waals surface area contributed by atoms with E-state index in [0.29, 0.717) is 36.2 Å². The molecule has 0 amide bonds. The molecule has 1 aliphatic rings. The van der Waals surface area contributed by atoms with Gasteiger partial charge in [-0.25, -0.2) is 21.9 Å². The first kappa shape index (κ1) is 26.2. The highest BCUT2D eigenvalue weighted by Crippen LogP contribution is 2.43. The zero-order valence-electron chi connectivity index (χ0n) is 19.8. The second-order valence-corrected chi connectivity index (χ2v) is 11.6. The number of hydrogen-bond acceptors (Lipinski definition) is 4. The molecular formula is C27H28F2N2O3S2. The van der Waals surface area contributed by atoms with Crippen LogP contribution in [-0.4, -0.2) is 25.7 Å². The molecule has 5 nitrogen and oxygen atoms in total. The molecule has 9 heteroatoms. The summed E-state index contributed by atoms with van der Waals surface area (Å²) in [5.41, 5.74) is 7.65. The molecule has 2 atom stereocenters. The number of hydrogen-bond donors (Lipinski definition) is 2. The second-order valence-electron chi connectivity index (χ2n) is 9.36. The van der Waals surface area contributed by atoms with Crippen LogP contribution >= 0.6 is 12.2 Å². The van der Waals surface area contributed by atoms with Crippen LogP contribution in [0.1, 0.15) is 30.4 Å². The van der Waals surface area contributed by atoms with Crippen LogP contribution in [0.25, 0.3) is 11.1 Å². The van der Waals surface area contributed by atoms with Gasteiger partial charge in [0.2, 0.25) is 10.0 Å².